The first kappa shape index (κ1) is 18.8. The molecule has 0 unspecified atom stereocenters. The molecule has 0 amide bonds. The SMILES string of the molecule is COc1cc(OC(C)C)cc([C@@H](C#N)N[C@@H](CO)c2ccccc2)c1. The van der Waals surface area contributed by atoms with Crippen LogP contribution in [0.2, 0.25) is 0 Å². The molecule has 0 spiro atoms. The number of nitrogens with one attached hydrogen (secondary N) is 1. The van der Waals surface area contributed by atoms with Crippen molar-refractivity contribution >= 4 is 0 Å². The fourth-order valence-corrected chi connectivity index (χ4v) is 2.57. The van der Waals surface area contributed by atoms with Gasteiger partial charge in [-0.1, -0.05) is 30.3 Å². The van der Waals surface area contributed by atoms with Crippen LogP contribution in [0.4, 0.5) is 0 Å². The molecule has 0 saturated heterocycles. The van der Waals surface area contributed by atoms with E-state index in [1.54, 1.807) is 19.2 Å². The van der Waals surface area contributed by atoms with Gasteiger partial charge in [-0.2, -0.15) is 5.26 Å². The van der Waals surface area contributed by atoms with E-state index in [9.17, 15) is 10.4 Å². The summed E-state index contributed by atoms with van der Waals surface area (Å²) in [5.74, 6) is 1.27. The third kappa shape index (κ3) is 5.21. The molecule has 2 aromatic carbocycles. The molecule has 0 aliphatic carbocycles. The highest BCUT2D eigenvalue weighted by Crippen LogP contribution is 2.28. The van der Waals surface area contributed by atoms with E-state index in [4.69, 9.17) is 9.47 Å². The van der Waals surface area contributed by atoms with Crippen molar-refractivity contribution in [3.05, 3.63) is 59.7 Å². The maximum atomic E-state index is 9.72. The Labute approximate surface area is 148 Å². The van der Waals surface area contributed by atoms with Gasteiger partial charge in [0.2, 0.25) is 0 Å². The number of nitrogens with zero attached hydrogens (tertiary/aromatic N) is 1. The van der Waals surface area contributed by atoms with E-state index in [-0.39, 0.29) is 18.8 Å². The van der Waals surface area contributed by atoms with Gasteiger partial charge in [0.15, 0.2) is 0 Å². The molecule has 2 rings (SSSR count). The number of nitriles is 1. The van der Waals surface area contributed by atoms with E-state index in [0.717, 1.165) is 11.1 Å². The van der Waals surface area contributed by atoms with Crippen LogP contribution in [0.5, 0.6) is 11.5 Å². The quantitative estimate of drug-likeness (QED) is 0.771. The first-order valence-corrected chi connectivity index (χ1v) is 8.24. The van der Waals surface area contributed by atoms with E-state index in [1.807, 2.05) is 50.2 Å². The molecule has 25 heavy (non-hydrogen) atoms. The second-order valence-electron chi connectivity index (χ2n) is 5.98. The van der Waals surface area contributed by atoms with Gasteiger partial charge >= 0.3 is 0 Å². The van der Waals surface area contributed by atoms with Gasteiger partial charge in [-0.3, -0.25) is 5.32 Å². The summed E-state index contributed by atoms with van der Waals surface area (Å²) in [6.45, 7) is 3.77. The second-order valence-corrected chi connectivity index (χ2v) is 5.98. The first-order valence-electron chi connectivity index (χ1n) is 8.24. The maximum absolute atomic E-state index is 9.72. The van der Waals surface area contributed by atoms with Crippen LogP contribution in [0.15, 0.2) is 48.5 Å². The largest absolute Gasteiger partial charge is 0.497 e. The van der Waals surface area contributed by atoms with Gasteiger partial charge in [0.25, 0.3) is 0 Å². The Bertz CT molecular complexity index is 711. The minimum atomic E-state index is -0.609. The van der Waals surface area contributed by atoms with Crippen molar-refractivity contribution in [1.82, 2.24) is 5.32 Å². The van der Waals surface area contributed by atoms with Gasteiger partial charge < -0.3 is 14.6 Å². The molecule has 0 aliphatic heterocycles. The molecule has 2 atom stereocenters. The van der Waals surface area contributed by atoms with Crippen molar-refractivity contribution in [2.24, 2.45) is 0 Å². The molecule has 0 fully saturated rings. The van der Waals surface area contributed by atoms with E-state index in [1.165, 1.54) is 0 Å². The normalized spacial score (nSPS) is 13.1. The van der Waals surface area contributed by atoms with Crippen LogP contribution in [-0.2, 0) is 0 Å². The third-order valence-corrected chi connectivity index (χ3v) is 3.72. The van der Waals surface area contributed by atoms with Gasteiger partial charge in [0.1, 0.15) is 17.5 Å². The molecule has 132 valence electrons. The summed E-state index contributed by atoms with van der Waals surface area (Å²) >= 11 is 0. The molecular formula is C20H24N2O3. The molecule has 0 radical (unpaired) electrons. The number of benzene rings is 2. The standard InChI is InChI=1S/C20H24N2O3/c1-14(2)25-18-10-16(9-17(11-18)24-3)19(12-21)22-20(13-23)15-7-5-4-6-8-15/h4-11,14,19-20,22-23H,13H2,1-3H3/t19-,20+/m1/s1. The van der Waals surface area contributed by atoms with Crippen molar-refractivity contribution in [3.8, 4) is 17.6 Å². The summed E-state index contributed by atoms with van der Waals surface area (Å²) in [6.07, 6.45) is 0.0166. The van der Waals surface area contributed by atoms with Crippen molar-refractivity contribution in [2.75, 3.05) is 13.7 Å². The molecule has 2 N–H and O–H groups in total. The zero-order valence-electron chi connectivity index (χ0n) is 14.8. The van der Waals surface area contributed by atoms with Gasteiger partial charge in [-0.05, 0) is 37.1 Å². The molecule has 0 saturated carbocycles. The number of aliphatic hydroxyl groups is 1. The van der Waals surface area contributed by atoms with Crippen LogP contribution in [0.25, 0.3) is 0 Å². The zero-order valence-corrected chi connectivity index (χ0v) is 14.8. The molecular weight excluding hydrogens is 316 g/mol. The van der Waals surface area contributed by atoms with E-state index >= 15 is 0 Å². The molecule has 0 aromatic heterocycles. The van der Waals surface area contributed by atoms with Crippen LogP contribution in [0, 0.1) is 11.3 Å². The lowest BCUT2D eigenvalue weighted by molar-refractivity contribution is 0.237. The smallest absolute Gasteiger partial charge is 0.123 e. The number of methoxy groups -OCH3 is 1. The molecule has 0 aliphatic rings. The Hall–Kier alpha value is -2.55. The lowest BCUT2D eigenvalue weighted by atomic mass is 10.0. The summed E-state index contributed by atoms with van der Waals surface area (Å²) in [7, 11) is 1.58. The Balaban J connectivity index is 2.28. The Morgan fingerprint density at radius 2 is 1.76 bits per heavy atom. The van der Waals surface area contributed by atoms with Crippen molar-refractivity contribution in [2.45, 2.75) is 32.0 Å². The highest BCUT2D eigenvalue weighted by Gasteiger charge is 2.19. The monoisotopic (exact) mass is 340 g/mol. The van der Waals surface area contributed by atoms with Crippen LogP contribution < -0.4 is 14.8 Å². The fraction of sp³-hybridized carbons (Fsp3) is 0.350. The van der Waals surface area contributed by atoms with Crippen molar-refractivity contribution < 1.29 is 14.6 Å². The number of rotatable bonds is 8. The fourth-order valence-electron chi connectivity index (χ4n) is 2.57. The van der Waals surface area contributed by atoms with Crippen LogP contribution in [-0.4, -0.2) is 24.9 Å². The van der Waals surface area contributed by atoms with Crippen LogP contribution in [0.3, 0.4) is 0 Å². The summed E-state index contributed by atoms with van der Waals surface area (Å²) in [5, 5.41) is 22.6. The summed E-state index contributed by atoms with van der Waals surface area (Å²) in [6, 6.07) is 16.3. The average Bonchev–Trinajstić information content (AvgIpc) is 2.62. The van der Waals surface area contributed by atoms with E-state index in [2.05, 4.69) is 11.4 Å². The van der Waals surface area contributed by atoms with Gasteiger partial charge in [-0.25, -0.2) is 0 Å². The Morgan fingerprint density at radius 1 is 1.08 bits per heavy atom. The average molecular weight is 340 g/mol. The summed E-state index contributed by atoms with van der Waals surface area (Å²) in [4.78, 5) is 0. The Kier molecular flexibility index (Phi) is 6.81. The molecule has 0 heterocycles. The van der Waals surface area contributed by atoms with Gasteiger partial charge in [0, 0.05) is 6.07 Å². The van der Waals surface area contributed by atoms with Gasteiger partial charge in [-0.15, -0.1) is 0 Å². The number of ether oxygens (including phenoxy) is 2. The second kappa shape index (κ2) is 9.07. The number of aliphatic hydroxyl groups excluding tert-OH is 1. The van der Waals surface area contributed by atoms with Crippen LogP contribution >= 0.6 is 0 Å². The number of hydrogen-bond acceptors (Lipinski definition) is 5. The Morgan fingerprint density at radius 3 is 2.32 bits per heavy atom. The van der Waals surface area contributed by atoms with Crippen molar-refractivity contribution in [1.29, 1.82) is 5.26 Å². The molecule has 5 nitrogen and oxygen atoms in total. The summed E-state index contributed by atoms with van der Waals surface area (Å²) < 4.78 is 11.1. The molecule has 0 bridgehead atoms. The highest BCUT2D eigenvalue weighted by molar-refractivity contribution is 5.41. The van der Waals surface area contributed by atoms with Crippen LogP contribution in [0.1, 0.15) is 37.1 Å². The molecule has 5 heteroatoms. The molecule has 2 aromatic rings. The first-order chi connectivity index (χ1) is 12.1. The van der Waals surface area contributed by atoms with E-state index < -0.39 is 6.04 Å². The zero-order chi connectivity index (χ0) is 18.2. The third-order valence-electron chi connectivity index (χ3n) is 3.72. The number of hydrogen-bond donors (Lipinski definition) is 2. The predicted octanol–water partition coefficient (Wildman–Crippen LogP) is 3.37. The topological polar surface area (TPSA) is 74.5 Å². The highest BCUT2D eigenvalue weighted by atomic mass is 16.5. The lowest BCUT2D eigenvalue weighted by Crippen LogP contribution is -2.28. The maximum Gasteiger partial charge on any atom is 0.123 e. The minimum Gasteiger partial charge on any atom is -0.497 e. The van der Waals surface area contributed by atoms with Crippen molar-refractivity contribution in [3.63, 3.8) is 0 Å². The lowest BCUT2D eigenvalue weighted by Gasteiger charge is -2.22. The predicted molar refractivity (Wildman–Crippen MR) is 96.5 cm³/mol. The van der Waals surface area contributed by atoms with E-state index in [0.29, 0.717) is 11.5 Å². The van der Waals surface area contributed by atoms with Gasteiger partial charge in [0.05, 0.1) is 31.9 Å². The summed E-state index contributed by atoms with van der Waals surface area (Å²) in [5.41, 5.74) is 1.65. The minimum absolute atomic E-state index is 0.0166.